The maximum Gasteiger partial charge on any atom is 0.349 e. The summed E-state index contributed by atoms with van der Waals surface area (Å²) in [6.45, 7) is 2.23. The highest BCUT2D eigenvalue weighted by Crippen LogP contribution is 2.21. The van der Waals surface area contributed by atoms with Crippen LogP contribution in [0, 0.1) is 0 Å². The smallest absolute Gasteiger partial charge is 0.349 e. The van der Waals surface area contributed by atoms with E-state index in [1.54, 1.807) is 42.6 Å². The number of pyridine rings is 1. The van der Waals surface area contributed by atoms with Gasteiger partial charge in [-0.1, -0.05) is 18.2 Å². The van der Waals surface area contributed by atoms with Crippen LogP contribution in [-0.4, -0.2) is 17.5 Å². The van der Waals surface area contributed by atoms with E-state index < -0.39 is 11.5 Å². The van der Waals surface area contributed by atoms with Crippen molar-refractivity contribution in [3.05, 3.63) is 64.6 Å². The van der Waals surface area contributed by atoms with Crippen LogP contribution in [0.5, 0.6) is 5.88 Å². The van der Waals surface area contributed by atoms with E-state index in [1.165, 1.54) is 6.07 Å². The van der Waals surface area contributed by atoms with Crippen LogP contribution in [0.1, 0.15) is 17.3 Å². The van der Waals surface area contributed by atoms with Crippen LogP contribution in [-0.2, 0) is 0 Å². The molecule has 0 radical (unpaired) electrons. The average Bonchev–Trinajstić information content (AvgIpc) is 2.56. The Kier molecular flexibility index (Phi) is 4.05. The fourth-order valence-corrected chi connectivity index (χ4v) is 2.15. The minimum absolute atomic E-state index is 0.0741. The summed E-state index contributed by atoms with van der Waals surface area (Å²) >= 11 is 0. The first-order valence-corrected chi connectivity index (χ1v) is 7.11. The molecule has 6 heteroatoms. The molecule has 0 unspecified atom stereocenters. The third-order valence-electron chi connectivity index (χ3n) is 3.19. The zero-order valence-electron chi connectivity index (χ0n) is 12.4. The lowest BCUT2D eigenvalue weighted by Crippen LogP contribution is -2.21. The van der Waals surface area contributed by atoms with Gasteiger partial charge in [0.1, 0.15) is 16.8 Å². The lowest BCUT2D eigenvalue weighted by molar-refractivity contribution is 0.102. The first-order valence-electron chi connectivity index (χ1n) is 7.11. The summed E-state index contributed by atoms with van der Waals surface area (Å²) in [4.78, 5) is 28.4. The number of hydrogen-bond donors (Lipinski definition) is 1. The zero-order valence-corrected chi connectivity index (χ0v) is 12.4. The van der Waals surface area contributed by atoms with Crippen LogP contribution in [0.3, 0.4) is 0 Å². The Balaban J connectivity index is 1.95. The predicted molar refractivity (Wildman–Crippen MR) is 85.8 cm³/mol. The molecule has 2 heterocycles. The summed E-state index contributed by atoms with van der Waals surface area (Å²) in [5.74, 6) is -0.271. The summed E-state index contributed by atoms with van der Waals surface area (Å²) in [6, 6.07) is 11.8. The van der Waals surface area contributed by atoms with Gasteiger partial charge in [0, 0.05) is 11.6 Å². The number of carbonyl (C=O) groups excluding carboxylic acids is 1. The molecule has 0 spiro atoms. The van der Waals surface area contributed by atoms with E-state index in [2.05, 4.69) is 10.3 Å². The number of rotatable bonds is 4. The molecular weight excluding hydrogens is 296 g/mol. The van der Waals surface area contributed by atoms with E-state index in [1.807, 2.05) is 6.92 Å². The molecule has 0 fully saturated rings. The molecule has 0 aliphatic heterocycles. The van der Waals surface area contributed by atoms with E-state index in [9.17, 15) is 9.59 Å². The van der Waals surface area contributed by atoms with Gasteiger partial charge in [-0.05, 0) is 31.2 Å². The van der Waals surface area contributed by atoms with Crippen molar-refractivity contribution in [3.63, 3.8) is 0 Å². The molecule has 0 atom stereocenters. The molecule has 0 bridgehead atoms. The topological polar surface area (TPSA) is 81.4 Å². The van der Waals surface area contributed by atoms with Crippen LogP contribution >= 0.6 is 0 Å². The van der Waals surface area contributed by atoms with Gasteiger partial charge in [0.25, 0.3) is 5.91 Å². The van der Waals surface area contributed by atoms with Crippen molar-refractivity contribution in [2.45, 2.75) is 6.92 Å². The van der Waals surface area contributed by atoms with Crippen LogP contribution in [0.2, 0.25) is 0 Å². The fourth-order valence-electron chi connectivity index (χ4n) is 2.15. The van der Waals surface area contributed by atoms with Gasteiger partial charge in [0.15, 0.2) is 0 Å². The number of fused-ring (bicyclic) bond motifs is 1. The normalized spacial score (nSPS) is 10.5. The number of benzene rings is 1. The molecule has 2 aromatic heterocycles. The third kappa shape index (κ3) is 3.06. The zero-order chi connectivity index (χ0) is 16.2. The number of hydrogen-bond acceptors (Lipinski definition) is 5. The van der Waals surface area contributed by atoms with Gasteiger partial charge < -0.3 is 14.5 Å². The van der Waals surface area contributed by atoms with E-state index >= 15 is 0 Å². The summed E-state index contributed by atoms with van der Waals surface area (Å²) in [5, 5.41) is 3.31. The molecule has 3 aromatic rings. The van der Waals surface area contributed by atoms with Crippen molar-refractivity contribution in [2.75, 3.05) is 11.9 Å². The predicted octanol–water partition coefficient (Wildman–Crippen LogP) is 2.84. The minimum atomic E-state index is -0.692. The number of ether oxygens (including phenoxy) is 1. The van der Waals surface area contributed by atoms with Crippen LogP contribution in [0.15, 0.2) is 57.9 Å². The SMILES string of the molecule is CCOc1ncccc1NC(=O)c1cc2ccccc2oc1=O. The number of anilines is 1. The van der Waals surface area contributed by atoms with Crippen molar-refractivity contribution in [1.82, 2.24) is 4.98 Å². The van der Waals surface area contributed by atoms with Crippen LogP contribution < -0.4 is 15.7 Å². The molecule has 1 N–H and O–H groups in total. The van der Waals surface area contributed by atoms with Gasteiger partial charge in [-0.25, -0.2) is 9.78 Å². The Morgan fingerprint density at radius 1 is 1.26 bits per heavy atom. The van der Waals surface area contributed by atoms with Crippen LogP contribution in [0.25, 0.3) is 11.0 Å². The van der Waals surface area contributed by atoms with Crippen molar-refractivity contribution >= 4 is 22.6 Å². The fraction of sp³-hybridized carbons (Fsp3) is 0.118. The Hall–Kier alpha value is -3.15. The van der Waals surface area contributed by atoms with Gasteiger partial charge in [0.2, 0.25) is 5.88 Å². The van der Waals surface area contributed by atoms with Crippen molar-refractivity contribution in [1.29, 1.82) is 0 Å². The second-order valence-corrected chi connectivity index (χ2v) is 4.73. The van der Waals surface area contributed by atoms with Crippen molar-refractivity contribution in [2.24, 2.45) is 0 Å². The number of carbonyl (C=O) groups is 1. The number of nitrogens with one attached hydrogen (secondary N) is 1. The minimum Gasteiger partial charge on any atom is -0.476 e. The highest BCUT2D eigenvalue weighted by molar-refractivity contribution is 6.05. The maximum absolute atomic E-state index is 12.4. The standard InChI is InChI=1S/C17H14N2O4/c1-2-22-16-13(7-5-9-18-16)19-15(20)12-10-11-6-3-4-8-14(11)23-17(12)21/h3-10H,2H2,1H3,(H,19,20). The Morgan fingerprint density at radius 2 is 2.09 bits per heavy atom. The molecule has 6 nitrogen and oxygen atoms in total. The lowest BCUT2D eigenvalue weighted by atomic mass is 10.2. The molecule has 0 saturated heterocycles. The summed E-state index contributed by atoms with van der Waals surface area (Å²) in [7, 11) is 0. The Bertz CT molecular complexity index is 918. The Morgan fingerprint density at radius 3 is 2.91 bits per heavy atom. The monoisotopic (exact) mass is 310 g/mol. The average molecular weight is 310 g/mol. The number of nitrogens with zero attached hydrogens (tertiary/aromatic N) is 1. The summed E-state index contributed by atoms with van der Waals surface area (Å²) in [6.07, 6.45) is 1.56. The molecule has 0 aliphatic rings. The largest absolute Gasteiger partial charge is 0.476 e. The van der Waals surface area contributed by atoms with Gasteiger partial charge >= 0.3 is 5.63 Å². The molecule has 116 valence electrons. The second kappa shape index (κ2) is 6.31. The molecule has 0 saturated carbocycles. The second-order valence-electron chi connectivity index (χ2n) is 4.73. The van der Waals surface area contributed by atoms with Gasteiger partial charge in [-0.3, -0.25) is 4.79 Å². The van der Waals surface area contributed by atoms with Crippen molar-refractivity contribution in [3.8, 4) is 5.88 Å². The van der Waals surface area contributed by atoms with Gasteiger partial charge in [0.05, 0.1) is 6.61 Å². The number of para-hydroxylation sites is 1. The molecular formula is C17H14N2O4. The third-order valence-corrected chi connectivity index (χ3v) is 3.19. The summed E-state index contributed by atoms with van der Waals surface area (Å²) < 4.78 is 10.5. The molecule has 0 aliphatic carbocycles. The highest BCUT2D eigenvalue weighted by Gasteiger charge is 2.16. The van der Waals surface area contributed by atoms with Crippen LogP contribution in [0.4, 0.5) is 5.69 Å². The first-order chi connectivity index (χ1) is 11.2. The summed E-state index contributed by atoms with van der Waals surface area (Å²) in [5.41, 5.74) is 0.0652. The molecule has 1 aromatic carbocycles. The maximum atomic E-state index is 12.4. The van der Waals surface area contributed by atoms with E-state index in [-0.39, 0.29) is 5.56 Å². The molecule has 3 rings (SSSR count). The molecule has 1 amide bonds. The van der Waals surface area contributed by atoms with E-state index in [0.717, 1.165) is 0 Å². The number of aromatic nitrogens is 1. The van der Waals surface area contributed by atoms with E-state index in [4.69, 9.17) is 9.15 Å². The first kappa shape index (κ1) is 14.8. The van der Waals surface area contributed by atoms with Gasteiger partial charge in [-0.2, -0.15) is 0 Å². The Labute approximate surface area is 131 Å². The lowest BCUT2D eigenvalue weighted by Gasteiger charge is -2.09. The van der Waals surface area contributed by atoms with Gasteiger partial charge in [-0.15, -0.1) is 0 Å². The quantitative estimate of drug-likeness (QED) is 0.749. The number of amides is 1. The van der Waals surface area contributed by atoms with E-state index in [0.29, 0.717) is 29.1 Å². The molecule has 23 heavy (non-hydrogen) atoms. The van der Waals surface area contributed by atoms with Crippen molar-refractivity contribution < 1.29 is 13.9 Å². The highest BCUT2D eigenvalue weighted by atomic mass is 16.5.